The molecule has 0 amide bonds. The maximum absolute atomic E-state index is 13.3. The molecule has 2 rings (SSSR count). The molecule has 0 atom stereocenters. The average molecular weight is 266 g/mol. The second kappa shape index (κ2) is 5.25. The molecular formula is C11H8F2N4O2. The molecule has 0 spiro atoms. The topological polar surface area (TPSA) is 93.6 Å². The number of ether oxygens (including phenoxy) is 1. The Kier molecular flexibility index (Phi) is 3.51. The lowest BCUT2D eigenvalue weighted by Gasteiger charge is -2.06. The van der Waals surface area contributed by atoms with Crippen LogP contribution < -0.4 is 10.5 Å². The molecule has 2 aromatic rings. The molecule has 0 unspecified atom stereocenters. The molecule has 0 fully saturated rings. The van der Waals surface area contributed by atoms with Gasteiger partial charge < -0.3 is 15.7 Å². The largest absolute Gasteiger partial charge is 0.434 e. The fourth-order valence-electron chi connectivity index (χ4n) is 1.23. The number of benzene rings is 1. The smallest absolute Gasteiger partial charge is 0.238 e. The molecule has 1 aromatic heterocycles. The maximum atomic E-state index is 13.3. The highest BCUT2D eigenvalue weighted by Crippen LogP contribution is 2.23. The Balaban J connectivity index is 2.22. The molecule has 0 aliphatic carbocycles. The molecule has 19 heavy (non-hydrogen) atoms. The van der Waals surface area contributed by atoms with E-state index in [4.69, 9.17) is 15.7 Å². The third-order valence-corrected chi connectivity index (χ3v) is 2.13. The SMILES string of the molecule is NC(=NO)c1cnc(Oc2cccc(F)c2F)cn1. The Morgan fingerprint density at radius 3 is 2.68 bits per heavy atom. The number of hydrogen-bond acceptors (Lipinski definition) is 5. The monoisotopic (exact) mass is 266 g/mol. The molecule has 1 heterocycles. The normalized spacial score (nSPS) is 11.4. The molecule has 1 aromatic carbocycles. The van der Waals surface area contributed by atoms with E-state index in [1.807, 2.05) is 0 Å². The van der Waals surface area contributed by atoms with Crippen molar-refractivity contribution in [1.29, 1.82) is 0 Å². The molecule has 8 heteroatoms. The van der Waals surface area contributed by atoms with Crippen LogP contribution in [0.5, 0.6) is 11.6 Å². The van der Waals surface area contributed by atoms with Crippen molar-refractivity contribution >= 4 is 5.84 Å². The number of amidine groups is 1. The summed E-state index contributed by atoms with van der Waals surface area (Å²) in [6.07, 6.45) is 2.30. The molecule has 0 bridgehead atoms. The Bertz CT molecular complexity index is 617. The van der Waals surface area contributed by atoms with Crippen molar-refractivity contribution in [1.82, 2.24) is 9.97 Å². The van der Waals surface area contributed by atoms with E-state index in [1.165, 1.54) is 18.3 Å². The molecule has 98 valence electrons. The first kappa shape index (κ1) is 12.7. The minimum atomic E-state index is -1.12. The summed E-state index contributed by atoms with van der Waals surface area (Å²) < 4.78 is 31.3. The summed E-state index contributed by atoms with van der Waals surface area (Å²) in [6, 6.07) is 3.51. The Labute approximate surface area is 106 Å². The summed E-state index contributed by atoms with van der Waals surface area (Å²) >= 11 is 0. The lowest BCUT2D eigenvalue weighted by Crippen LogP contribution is -2.15. The van der Waals surface area contributed by atoms with Crippen molar-refractivity contribution in [3.63, 3.8) is 0 Å². The van der Waals surface area contributed by atoms with Gasteiger partial charge in [-0.3, -0.25) is 0 Å². The number of oxime groups is 1. The summed E-state index contributed by atoms with van der Waals surface area (Å²) in [6.45, 7) is 0. The van der Waals surface area contributed by atoms with Crippen molar-refractivity contribution in [3.8, 4) is 11.6 Å². The zero-order valence-corrected chi connectivity index (χ0v) is 9.42. The average Bonchev–Trinajstić information content (AvgIpc) is 2.44. The predicted molar refractivity (Wildman–Crippen MR) is 61.0 cm³/mol. The minimum absolute atomic E-state index is 0.0565. The summed E-state index contributed by atoms with van der Waals surface area (Å²) in [5.41, 5.74) is 5.41. The summed E-state index contributed by atoms with van der Waals surface area (Å²) in [4.78, 5) is 7.55. The van der Waals surface area contributed by atoms with Crippen LogP contribution in [0.2, 0.25) is 0 Å². The van der Waals surface area contributed by atoms with Gasteiger partial charge in [0.05, 0.1) is 12.4 Å². The van der Waals surface area contributed by atoms with Gasteiger partial charge in [-0.1, -0.05) is 11.2 Å². The second-order valence-corrected chi connectivity index (χ2v) is 3.38. The predicted octanol–water partition coefficient (Wildman–Crippen LogP) is 1.64. The first-order valence-corrected chi connectivity index (χ1v) is 5.03. The van der Waals surface area contributed by atoms with Gasteiger partial charge in [-0.15, -0.1) is 0 Å². The second-order valence-electron chi connectivity index (χ2n) is 3.38. The molecule has 0 aliphatic rings. The van der Waals surface area contributed by atoms with Crippen LogP contribution >= 0.6 is 0 Å². The van der Waals surface area contributed by atoms with Gasteiger partial charge in [-0.2, -0.15) is 4.39 Å². The van der Waals surface area contributed by atoms with Crippen molar-refractivity contribution in [3.05, 3.63) is 47.9 Å². The lowest BCUT2D eigenvalue weighted by atomic mass is 10.3. The Morgan fingerprint density at radius 1 is 1.26 bits per heavy atom. The van der Waals surface area contributed by atoms with Crippen LogP contribution in [-0.2, 0) is 0 Å². The van der Waals surface area contributed by atoms with Crippen LogP contribution in [-0.4, -0.2) is 21.0 Å². The minimum Gasteiger partial charge on any atom is -0.434 e. The first-order valence-electron chi connectivity index (χ1n) is 5.03. The Morgan fingerprint density at radius 2 is 2.05 bits per heavy atom. The zero-order valence-electron chi connectivity index (χ0n) is 9.42. The highest BCUT2D eigenvalue weighted by Gasteiger charge is 2.11. The molecule has 0 aliphatic heterocycles. The number of nitrogens with two attached hydrogens (primary N) is 1. The van der Waals surface area contributed by atoms with Crippen molar-refractivity contribution in [2.45, 2.75) is 0 Å². The summed E-state index contributed by atoms with van der Waals surface area (Å²) in [5.74, 6) is -2.75. The number of nitrogens with zero attached hydrogens (tertiary/aromatic N) is 3. The number of hydrogen-bond donors (Lipinski definition) is 2. The highest BCUT2D eigenvalue weighted by atomic mass is 19.2. The van der Waals surface area contributed by atoms with E-state index >= 15 is 0 Å². The standard InChI is InChI=1S/C11H8F2N4O2/c12-6-2-1-3-8(10(6)13)19-9-5-15-7(4-16-9)11(14)17-18/h1-5,18H,(H2,14,17). The van der Waals surface area contributed by atoms with E-state index in [-0.39, 0.29) is 23.2 Å². The summed E-state index contributed by atoms with van der Waals surface area (Å²) in [5, 5.41) is 11.2. The van der Waals surface area contributed by atoms with E-state index in [0.29, 0.717) is 0 Å². The van der Waals surface area contributed by atoms with E-state index in [2.05, 4.69) is 15.1 Å². The van der Waals surface area contributed by atoms with Crippen molar-refractivity contribution in [2.24, 2.45) is 10.9 Å². The fourth-order valence-corrected chi connectivity index (χ4v) is 1.23. The lowest BCUT2D eigenvalue weighted by molar-refractivity contribution is 0.318. The molecular weight excluding hydrogens is 258 g/mol. The van der Waals surface area contributed by atoms with Gasteiger partial charge in [-0.05, 0) is 12.1 Å². The van der Waals surface area contributed by atoms with Gasteiger partial charge in [0.25, 0.3) is 0 Å². The molecule has 6 nitrogen and oxygen atoms in total. The third-order valence-electron chi connectivity index (χ3n) is 2.13. The number of halogens is 2. The van der Waals surface area contributed by atoms with E-state index < -0.39 is 11.6 Å². The van der Waals surface area contributed by atoms with Crippen LogP contribution in [0.3, 0.4) is 0 Å². The maximum Gasteiger partial charge on any atom is 0.238 e. The first-order chi connectivity index (χ1) is 9.11. The molecule has 3 N–H and O–H groups in total. The van der Waals surface area contributed by atoms with Gasteiger partial charge in [0.2, 0.25) is 11.7 Å². The quantitative estimate of drug-likeness (QED) is 0.381. The zero-order chi connectivity index (χ0) is 13.8. The van der Waals surface area contributed by atoms with E-state index in [0.717, 1.165) is 12.3 Å². The highest BCUT2D eigenvalue weighted by molar-refractivity contribution is 5.94. The van der Waals surface area contributed by atoms with Gasteiger partial charge in [0.1, 0.15) is 5.69 Å². The Hall–Kier alpha value is -2.77. The van der Waals surface area contributed by atoms with Gasteiger partial charge >= 0.3 is 0 Å². The molecule has 0 saturated heterocycles. The van der Waals surface area contributed by atoms with E-state index in [9.17, 15) is 8.78 Å². The van der Waals surface area contributed by atoms with Crippen LogP contribution in [0.1, 0.15) is 5.69 Å². The van der Waals surface area contributed by atoms with Gasteiger partial charge in [-0.25, -0.2) is 14.4 Å². The number of aromatic nitrogens is 2. The van der Waals surface area contributed by atoms with Crippen molar-refractivity contribution < 1.29 is 18.7 Å². The molecule has 0 radical (unpaired) electrons. The van der Waals surface area contributed by atoms with E-state index in [1.54, 1.807) is 0 Å². The van der Waals surface area contributed by atoms with Crippen LogP contribution in [0.25, 0.3) is 0 Å². The van der Waals surface area contributed by atoms with Crippen LogP contribution in [0.4, 0.5) is 8.78 Å². The van der Waals surface area contributed by atoms with Crippen LogP contribution in [0.15, 0.2) is 35.7 Å². The van der Waals surface area contributed by atoms with Gasteiger partial charge in [0.15, 0.2) is 17.4 Å². The summed E-state index contributed by atoms with van der Waals surface area (Å²) in [7, 11) is 0. The van der Waals surface area contributed by atoms with Crippen LogP contribution in [0, 0.1) is 11.6 Å². The van der Waals surface area contributed by atoms with Gasteiger partial charge in [0, 0.05) is 0 Å². The fraction of sp³-hybridized carbons (Fsp3) is 0. The van der Waals surface area contributed by atoms with Crippen molar-refractivity contribution in [2.75, 3.05) is 0 Å². The number of rotatable bonds is 3. The third kappa shape index (κ3) is 2.73. The molecule has 0 saturated carbocycles.